The molecule has 2 heterocycles. The zero-order valence-electron chi connectivity index (χ0n) is 17.7. The van der Waals surface area contributed by atoms with E-state index < -0.39 is 12.1 Å². The lowest BCUT2D eigenvalue weighted by molar-refractivity contribution is -0.159. The number of nitrogens with zero attached hydrogens (tertiary/aromatic N) is 4. The Labute approximate surface area is 172 Å². The summed E-state index contributed by atoms with van der Waals surface area (Å²) >= 11 is 0. The van der Waals surface area contributed by atoms with Crippen molar-refractivity contribution in [1.29, 1.82) is 0 Å². The van der Waals surface area contributed by atoms with E-state index in [1.54, 1.807) is 16.5 Å². The van der Waals surface area contributed by atoms with Crippen LogP contribution in [-0.2, 0) is 34.3 Å². The van der Waals surface area contributed by atoms with E-state index in [0.29, 0.717) is 13.1 Å². The number of aromatic nitrogens is 2. The Morgan fingerprint density at radius 1 is 1.10 bits per heavy atom. The fourth-order valence-electron chi connectivity index (χ4n) is 3.73. The Kier molecular flexibility index (Phi) is 6.69. The molecule has 1 fully saturated rings. The zero-order valence-corrected chi connectivity index (χ0v) is 17.7. The van der Waals surface area contributed by atoms with Crippen molar-refractivity contribution in [2.24, 2.45) is 7.05 Å². The molecule has 1 aliphatic heterocycles. The first-order valence-corrected chi connectivity index (χ1v) is 10.1. The van der Waals surface area contributed by atoms with Gasteiger partial charge in [0.1, 0.15) is 0 Å². The molecule has 0 radical (unpaired) electrons. The molecule has 1 amide bonds. The third kappa shape index (κ3) is 5.23. The van der Waals surface area contributed by atoms with Gasteiger partial charge in [-0.25, -0.2) is 0 Å². The first kappa shape index (κ1) is 21.0. The number of benzene rings is 1. The molecule has 1 aliphatic rings. The van der Waals surface area contributed by atoms with Crippen LogP contribution in [0.15, 0.2) is 30.3 Å². The van der Waals surface area contributed by atoms with Crippen molar-refractivity contribution in [3.8, 4) is 0 Å². The van der Waals surface area contributed by atoms with E-state index >= 15 is 0 Å². The molecule has 0 saturated carbocycles. The fraction of sp³-hybridized carbons (Fsp3) is 0.500. The predicted octanol–water partition coefficient (Wildman–Crippen LogP) is 1.86. The van der Waals surface area contributed by atoms with Crippen molar-refractivity contribution < 1.29 is 14.3 Å². The minimum Gasteiger partial charge on any atom is -0.452 e. The number of amides is 1. The van der Waals surface area contributed by atoms with Crippen LogP contribution in [0.1, 0.15) is 29.4 Å². The monoisotopic (exact) mass is 398 g/mol. The molecule has 1 aromatic carbocycles. The van der Waals surface area contributed by atoms with Gasteiger partial charge in [-0.05, 0) is 26.3 Å². The Morgan fingerprint density at radius 2 is 1.76 bits per heavy atom. The highest BCUT2D eigenvalue weighted by Gasteiger charge is 2.27. The second-order valence-corrected chi connectivity index (χ2v) is 7.67. The standard InChI is InChI=1S/C22H30N4O3/c1-16-20(17(2)24(4)23-16)14-21(27)29-18(3)22(28)26-12-10-25(11-13-26)15-19-8-6-5-7-9-19/h5-9,18H,10-15H2,1-4H3. The van der Waals surface area contributed by atoms with Gasteiger partial charge < -0.3 is 9.64 Å². The van der Waals surface area contributed by atoms with Crippen LogP contribution in [-0.4, -0.2) is 63.7 Å². The van der Waals surface area contributed by atoms with E-state index in [1.165, 1.54) is 5.56 Å². The van der Waals surface area contributed by atoms with Gasteiger partial charge in [0.25, 0.3) is 5.91 Å². The minimum absolute atomic E-state index is 0.127. The first-order chi connectivity index (χ1) is 13.8. The molecule has 2 aromatic rings. The smallest absolute Gasteiger partial charge is 0.311 e. The summed E-state index contributed by atoms with van der Waals surface area (Å²) in [4.78, 5) is 29.2. The maximum absolute atomic E-state index is 12.7. The highest BCUT2D eigenvalue weighted by atomic mass is 16.5. The Balaban J connectivity index is 1.47. The quantitative estimate of drug-likeness (QED) is 0.695. The molecule has 1 atom stereocenters. The molecule has 7 nitrogen and oxygen atoms in total. The van der Waals surface area contributed by atoms with Gasteiger partial charge in [-0.1, -0.05) is 30.3 Å². The third-order valence-electron chi connectivity index (χ3n) is 5.57. The molecular weight excluding hydrogens is 368 g/mol. The van der Waals surface area contributed by atoms with Gasteiger partial charge in [-0.15, -0.1) is 0 Å². The molecule has 1 unspecified atom stereocenters. The SMILES string of the molecule is Cc1nn(C)c(C)c1CC(=O)OC(C)C(=O)N1CCN(Cc2ccccc2)CC1. The average Bonchev–Trinajstić information content (AvgIpc) is 2.94. The largest absolute Gasteiger partial charge is 0.452 e. The molecule has 7 heteroatoms. The number of carbonyl (C=O) groups is 2. The maximum atomic E-state index is 12.7. The van der Waals surface area contributed by atoms with Gasteiger partial charge in [0.2, 0.25) is 0 Å². The summed E-state index contributed by atoms with van der Waals surface area (Å²) in [5, 5.41) is 4.32. The maximum Gasteiger partial charge on any atom is 0.311 e. The van der Waals surface area contributed by atoms with Crippen LogP contribution in [0, 0.1) is 13.8 Å². The lowest BCUT2D eigenvalue weighted by Crippen LogP contribution is -2.51. The molecule has 0 spiro atoms. The number of hydrogen-bond donors (Lipinski definition) is 0. The summed E-state index contributed by atoms with van der Waals surface area (Å²) in [6.45, 7) is 9.26. The van der Waals surface area contributed by atoms with Crippen LogP contribution in [0.25, 0.3) is 0 Å². The topological polar surface area (TPSA) is 67.7 Å². The number of aryl methyl sites for hydroxylation is 2. The number of esters is 1. The predicted molar refractivity (Wildman–Crippen MR) is 110 cm³/mol. The number of hydrogen-bond acceptors (Lipinski definition) is 5. The molecular formula is C22H30N4O3. The number of piperazine rings is 1. The Morgan fingerprint density at radius 3 is 2.34 bits per heavy atom. The van der Waals surface area contributed by atoms with Gasteiger partial charge in [-0.2, -0.15) is 5.10 Å². The van der Waals surface area contributed by atoms with Crippen LogP contribution < -0.4 is 0 Å². The van der Waals surface area contributed by atoms with Crippen molar-refractivity contribution in [1.82, 2.24) is 19.6 Å². The molecule has 3 rings (SSSR count). The first-order valence-electron chi connectivity index (χ1n) is 10.1. The van der Waals surface area contributed by atoms with Gasteiger partial charge in [0.15, 0.2) is 6.10 Å². The molecule has 1 saturated heterocycles. The summed E-state index contributed by atoms with van der Waals surface area (Å²) in [7, 11) is 1.85. The average molecular weight is 399 g/mol. The van der Waals surface area contributed by atoms with Gasteiger partial charge >= 0.3 is 5.97 Å². The second kappa shape index (κ2) is 9.22. The Hall–Kier alpha value is -2.67. The van der Waals surface area contributed by atoms with Crippen molar-refractivity contribution in [3.05, 3.63) is 52.8 Å². The fourth-order valence-corrected chi connectivity index (χ4v) is 3.73. The molecule has 0 aliphatic carbocycles. The lowest BCUT2D eigenvalue weighted by atomic mass is 10.1. The van der Waals surface area contributed by atoms with Gasteiger partial charge in [0, 0.05) is 51.0 Å². The number of rotatable bonds is 6. The molecule has 0 bridgehead atoms. The van der Waals surface area contributed by atoms with Crippen LogP contribution >= 0.6 is 0 Å². The molecule has 0 N–H and O–H groups in total. The van der Waals surface area contributed by atoms with E-state index in [9.17, 15) is 9.59 Å². The van der Waals surface area contributed by atoms with Gasteiger partial charge in [-0.3, -0.25) is 19.2 Å². The van der Waals surface area contributed by atoms with Crippen molar-refractivity contribution in [2.75, 3.05) is 26.2 Å². The van der Waals surface area contributed by atoms with E-state index in [2.05, 4.69) is 22.1 Å². The van der Waals surface area contributed by atoms with Crippen molar-refractivity contribution in [3.63, 3.8) is 0 Å². The van der Waals surface area contributed by atoms with Crippen LogP contribution in [0.2, 0.25) is 0 Å². The highest BCUT2D eigenvalue weighted by Crippen LogP contribution is 2.15. The van der Waals surface area contributed by atoms with E-state index in [-0.39, 0.29) is 12.3 Å². The third-order valence-corrected chi connectivity index (χ3v) is 5.57. The zero-order chi connectivity index (χ0) is 21.0. The summed E-state index contributed by atoms with van der Waals surface area (Å²) < 4.78 is 7.18. The number of carbonyl (C=O) groups excluding carboxylic acids is 2. The van der Waals surface area contributed by atoms with Crippen LogP contribution in [0.4, 0.5) is 0 Å². The van der Waals surface area contributed by atoms with Crippen LogP contribution in [0.5, 0.6) is 0 Å². The summed E-state index contributed by atoms with van der Waals surface area (Å²) in [5.41, 5.74) is 3.89. The van der Waals surface area contributed by atoms with Crippen molar-refractivity contribution in [2.45, 2.75) is 39.8 Å². The van der Waals surface area contributed by atoms with E-state index in [0.717, 1.165) is 36.6 Å². The van der Waals surface area contributed by atoms with E-state index in [1.807, 2.05) is 39.1 Å². The molecule has 29 heavy (non-hydrogen) atoms. The second-order valence-electron chi connectivity index (χ2n) is 7.67. The van der Waals surface area contributed by atoms with Gasteiger partial charge in [0.05, 0.1) is 12.1 Å². The lowest BCUT2D eigenvalue weighted by Gasteiger charge is -2.35. The Bertz CT molecular complexity index is 854. The van der Waals surface area contributed by atoms with Crippen molar-refractivity contribution >= 4 is 11.9 Å². The molecule has 1 aromatic heterocycles. The minimum atomic E-state index is -0.777. The van der Waals surface area contributed by atoms with E-state index in [4.69, 9.17) is 4.74 Å². The number of ether oxygens (including phenoxy) is 1. The highest BCUT2D eigenvalue weighted by molar-refractivity contribution is 5.84. The molecule has 156 valence electrons. The summed E-state index contributed by atoms with van der Waals surface area (Å²) in [6.07, 6.45) is -0.644. The summed E-state index contributed by atoms with van der Waals surface area (Å²) in [6, 6.07) is 10.3. The van der Waals surface area contributed by atoms with Crippen LogP contribution in [0.3, 0.4) is 0 Å². The normalized spacial score (nSPS) is 15.9. The summed E-state index contributed by atoms with van der Waals surface area (Å²) in [5.74, 6) is -0.523.